The second-order valence-corrected chi connectivity index (χ2v) is 7.15. The molecule has 1 aromatic carbocycles. The Morgan fingerprint density at radius 1 is 1.35 bits per heavy atom. The summed E-state index contributed by atoms with van der Waals surface area (Å²) >= 11 is 0. The van der Waals surface area contributed by atoms with Gasteiger partial charge in [-0.25, -0.2) is 4.39 Å². The molecule has 2 aliphatic rings. The summed E-state index contributed by atoms with van der Waals surface area (Å²) in [6.07, 6.45) is 3.96. The van der Waals surface area contributed by atoms with Gasteiger partial charge in [-0.05, 0) is 44.4 Å². The van der Waals surface area contributed by atoms with Gasteiger partial charge in [0.1, 0.15) is 5.82 Å². The maximum atomic E-state index is 13.7. The molecule has 7 heteroatoms. The van der Waals surface area contributed by atoms with E-state index < -0.39 is 0 Å². The predicted octanol–water partition coefficient (Wildman–Crippen LogP) is 2.47. The lowest BCUT2D eigenvalue weighted by molar-refractivity contribution is -0.133. The minimum absolute atomic E-state index is 0.155. The minimum Gasteiger partial charge on any atom is -0.339 e. The number of aryl methyl sites for hydroxylation is 2. The van der Waals surface area contributed by atoms with Crippen LogP contribution in [0.5, 0.6) is 0 Å². The smallest absolute Gasteiger partial charge is 0.227 e. The van der Waals surface area contributed by atoms with Gasteiger partial charge in [0.15, 0.2) is 0 Å². The Morgan fingerprint density at radius 3 is 3.04 bits per heavy atom. The number of carbonyl (C=O) groups excluding carboxylic acids is 1. The Labute approximate surface area is 151 Å². The van der Waals surface area contributed by atoms with E-state index in [1.54, 1.807) is 19.1 Å². The summed E-state index contributed by atoms with van der Waals surface area (Å²) in [4.78, 5) is 19.1. The number of nitrogens with zero attached hydrogens (tertiary/aromatic N) is 3. The van der Waals surface area contributed by atoms with Gasteiger partial charge < -0.3 is 14.7 Å². The van der Waals surface area contributed by atoms with Crippen molar-refractivity contribution in [3.05, 3.63) is 35.5 Å². The first-order chi connectivity index (χ1) is 12.6. The van der Waals surface area contributed by atoms with Gasteiger partial charge in [-0.1, -0.05) is 17.3 Å². The highest BCUT2D eigenvalue weighted by Gasteiger charge is 2.37. The lowest BCUT2D eigenvalue weighted by Gasteiger charge is -2.27. The van der Waals surface area contributed by atoms with Crippen LogP contribution in [0.1, 0.15) is 37.1 Å². The summed E-state index contributed by atoms with van der Waals surface area (Å²) in [6.45, 7) is 3.56. The van der Waals surface area contributed by atoms with Crippen LogP contribution >= 0.6 is 0 Å². The second kappa shape index (κ2) is 7.15. The Kier molecular flexibility index (Phi) is 4.72. The zero-order chi connectivity index (χ0) is 18.1. The van der Waals surface area contributed by atoms with Gasteiger partial charge in [-0.15, -0.1) is 0 Å². The summed E-state index contributed by atoms with van der Waals surface area (Å²) in [5, 5.41) is 7.32. The molecule has 1 N–H and O–H groups in total. The quantitative estimate of drug-likeness (QED) is 0.909. The largest absolute Gasteiger partial charge is 0.339 e. The molecule has 4 rings (SSSR count). The Balaban J connectivity index is 1.40. The van der Waals surface area contributed by atoms with Gasteiger partial charge in [0.05, 0.1) is 0 Å². The third kappa shape index (κ3) is 3.35. The number of fused-ring (bicyclic) bond motifs is 2. The number of amides is 1. The van der Waals surface area contributed by atoms with Gasteiger partial charge in [0.25, 0.3) is 0 Å². The lowest BCUT2D eigenvalue weighted by Crippen LogP contribution is -2.42. The Bertz CT molecular complexity index is 793. The van der Waals surface area contributed by atoms with Gasteiger partial charge in [-0.3, -0.25) is 4.79 Å². The van der Waals surface area contributed by atoms with Gasteiger partial charge >= 0.3 is 0 Å². The number of aromatic nitrogens is 2. The summed E-state index contributed by atoms with van der Waals surface area (Å²) in [7, 11) is 0. The molecule has 2 atom stereocenters. The molecular weight excluding hydrogens is 335 g/mol. The average molecular weight is 358 g/mol. The molecule has 2 aliphatic heterocycles. The standard InChI is InChI=1S/C19H23FN4O2/c1-12-2-3-13(10-16(12)20)19-22-17(26-23-19)6-7-18(25)24-14-4-5-15(24)11-21-9-8-14/h2-3,10,14-15,21H,4-9,11H2,1H3. The van der Waals surface area contributed by atoms with Crippen LogP contribution in [-0.4, -0.2) is 46.1 Å². The molecule has 1 aromatic heterocycles. The van der Waals surface area contributed by atoms with Crippen LogP contribution in [0.3, 0.4) is 0 Å². The molecule has 138 valence electrons. The van der Waals surface area contributed by atoms with E-state index in [9.17, 15) is 9.18 Å². The molecule has 2 fully saturated rings. The van der Waals surface area contributed by atoms with E-state index in [-0.39, 0.29) is 11.7 Å². The number of benzene rings is 1. The SMILES string of the molecule is Cc1ccc(-c2noc(CCC(=O)N3C4CCNCC3CC4)n2)cc1F. The molecule has 2 bridgehead atoms. The fourth-order valence-corrected chi connectivity index (χ4v) is 3.94. The first kappa shape index (κ1) is 17.1. The van der Waals surface area contributed by atoms with E-state index in [0.29, 0.717) is 47.8 Å². The van der Waals surface area contributed by atoms with Crippen molar-refractivity contribution in [2.45, 2.75) is 51.1 Å². The van der Waals surface area contributed by atoms with E-state index in [2.05, 4.69) is 20.4 Å². The zero-order valence-corrected chi connectivity index (χ0v) is 14.9. The Morgan fingerprint density at radius 2 is 2.19 bits per heavy atom. The maximum absolute atomic E-state index is 13.7. The molecule has 3 heterocycles. The van der Waals surface area contributed by atoms with Crippen LogP contribution < -0.4 is 5.32 Å². The average Bonchev–Trinajstić information content (AvgIpc) is 3.19. The summed E-state index contributed by atoms with van der Waals surface area (Å²) in [5.74, 6) is 0.622. The third-order valence-corrected chi connectivity index (χ3v) is 5.39. The molecular formula is C19H23FN4O2. The van der Waals surface area contributed by atoms with E-state index in [1.807, 2.05) is 0 Å². The number of hydrogen-bond acceptors (Lipinski definition) is 5. The van der Waals surface area contributed by atoms with E-state index >= 15 is 0 Å². The Hall–Kier alpha value is -2.28. The zero-order valence-electron chi connectivity index (χ0n) is 14.9. The minimum atomic E-state index is -0.297. The van der Waals surface area contributed by atoms with Crippen LogP contribution in [-0.2, 0) is 11.2 Å². The predicted molar refractivity (Wildman–Crippen MR) is 93.9 cm³/mol. The van der Waals surface area contributed by atoms with Gasteiger partial charge in [0, 0.05) is 37.0 Å². The van der Waals surface area contributed by atoms with E-state index in [1.165, 1.54) is 6.07 Å². The normalized spacial score (nSPS) is 22.5. The molecule has 0 saturated carbocycles. The number of nitrogens with one attached hydrogen (secondary N) is 1. The van der Waals surface area contributed by atoms with Crippen LogP contribution in [0.2, 0.25) is 0 Å². The van der Waals surface area contributed by atoms with Crippen molar-refractivity contribution in [2.24, 2.45) is 0 Å². The van der Waals surface area contributed by atoms with Crippen LogP contribution in [0.15, 0.2) is 22.7 Å². The highest BCUT2D eigenvalue weighted by atomic mass is 19.1. The van der Waals surface area contributed by atoms with Gasteiger partial charge in [-0.2, -0.15) is 4.98 Å². The number of carbonyl (C=O) groups is 1. The first-order valence-corrected chi connectivity index (χ1v) is 9.23. The van der Waals surface area contributed by atoms with E-state index in [0.717, 1.165) is 32.4 Å². The fourth-order valence-electron chi connectivity index (χ4n) is 3.94. The van der Waals surface area contributed by atoms with Crippen LogP contribution in [0, 0.1) is 12.7 Å². The van der Waals surface area contributed by atoms with Crippen molar-refractivity contribution in [3.63, 3.8) is 0 Å². The molecule has 26 heavy (non-hydrogen) atoms. The second-order valence-electron chi connectivity index (χ2n) is 7.15. The number of hydrogen-bond donors (Lipinski definition) is 1. The summed E-state index contributed by atoms with van der Waals surface area (Å²) in [6, 6.07) is 5.52. The first-order valence-electron chi connectivity index (χ1n) is 9.23. The molecule has 1 amide bonds. The van der Waals surface area contributed by atoms with Crippen molar-refractivity contribution in [1.29, 1.82) is 0 Å². The van der Waals surface area contributed by atoms with Crippen molar-refractivity contribution in [1.82, 2.24) is 20.4 Å². The molecule has 2 saturated heterocycles. The third-order valence-electron chi connectivity index (χ3n) is 5.39. The maximum Gasteiger partial charge on any atom is 0.227 e. The molecule has 0 spiro atoms. The molecule has 0 aliphatic carbocycles. The van der Waals surface area contributed by atoms with Crippen molar-refractivity contribution >= 4 is 5.91 Å². The lowest BCUT2D eigenvalue weighted by atomic mass is 10.1. The molecule has 2 unspecified atom stereocenters. The van der Waals surface area contributed by atoms with Crippen LogP contribution in [0.25, 0.3) is 11.4 Å². The van der Waals surface area contributed by atoms with Crippen LogP contribution in [0.4, 0.5) is 4.39 Å². The highest BCUT2D eigenvalue weighted by Crippen LogP contribution is 2.29. The molecule has 6 nitrogen and oxygen atoms in total. The number of rotatable bonds is 4. The monoisotopic (exact) mass is 358 g/mol. The van der Waals surface area contributed by atoms with Crippen molar-refractivity contribution < 1.29 is 13.7 Å². The number of halogens is 1. The van der Waals surface area contributed by atoms with Crippen molar-refractivity contribution in [2.75, 3.05) is 13.1 Å². The molecule has 0 radical (unpaired) electrons. The summed E-state index contributed by atoms with van der Waals surface area (Å²) in [5.41, 5.74) is 1.15. The topological polar surface area (TPSA) is 71.3 Å². The van der Waals surface area contributed by atoms with Crippen molar-refractivity contribution in [3.8, 4) is 11.4 Å². The fraction of sp³-hybridized carbons (Fsp3) is 0.526. The van der Waals surface area contributed by atoms with Gasteiger partial charge in [0.2, 0.25) is 17.6 Å². The van der Waals surface area contributed by atoms with E-state index in [4.69, 9.17) is 4.52 Å². The highest BCUT2D eigenvalue weighted by molar-refractivity contribution is 5.77. The molecule has 2 aromatic rings. The summed E-state index contributed by atoms with van der Waals surface area (Å²) < 4.78 is 19.0.